The summed E-state index contributed by atoms with van der Waals surface area (Å²) in [5.74, 6) is -0.385. The highest BCUT2D eigenvalue weighted by molar-refractivity contribution is 5.98. The fourth-order valence-electron chi connectivity index (χ4n) is 4.09. The Labute approximate surface area is 162 Å². The van der Waals surface area contributed by atoms with Crippen LogP contribution in [0.15, 0.2) is 40.6 Å². The second kappa shape index (κ2) is 7.86. The number of hydrazone groups is 1. The summed E-state index contributed by atoms with van der Waals surface area (Å²) in [4.78, 5) is 25.9. The molecule has 0 bridgehead atoms. The fraction of sp³-hybridized carbons (Fsp3) is 0.526. The number of fused-ring (bicyclic) bond motifs is 1. The van der Waals surface area contributed by atoms with E-state index >= 15 is 0 Å². The van der Waals surface area contributed by atoms with Gasteiger partial charge in [-0.05, 0) is 30.1 Å². The van der Waals surface area contributed by atoms with Gasteiger partial charge in [-0.1, -0.05) is 18.2 Å². The van der Waals surface area contributed by atoms with E-state index in [0.29, 0.717) is 44.6 Å². The fourth-order valence-corrected chi connectivity index (χ4v) is 4.09. The van der Waals surface area contributed by atoms with Crippen molar-refractivity contribution in [2.45, 2.75) is 37.8 Å². The van der Waals surface area contributed by atoms with Gasteiger partial charge in [-0.25, -0.2) is 0 Å². The topological polar surface area (TPSA) is 126 Å². The van der Waals surface area contributed by atoms with Crippen LogP contribution in [-0.4, -0.2) is 70.8 Å². The molecule has 3 aliphatic heterocycles. The van der Waals surface area contributed by atoms with E-state index in [1.54, 1.807) is 11.0 Å². The van der Waals surface area contributed by atoms with Crippen LogP contribution < -0.4 is 16.1 Å². The van der Waals surface area contributed by atoms with Crippen molar-refractivity contribution < 1.29 is 19.8 Å². The number of allylic oxidation sites excluding steroid dienone is 1. The Kier molecular flexibility index (Phi) is 5.29. The van der Waals surface area contributed by atoms with Crippen LogP contribution in [0, 0.1) is 5.92 Å². The zero-order chi connectivity index (χ0) is 19.7. The molecule has 2 fully saturated rings. The van der Waals surface area contributed by atoms with Gasteiger partial charge in [0.2, 0.25) is 11.8 Å². The van der Waals surface area contributed by atoms with E-state index in [4.69, 9.17) is 0 Å². The van der Waals surface area contributed by atoms with Gasteiger partial charge in [0.25, 0.3) is 0 Å². The van der Waals surface area contributed by atoms with Crippen LogP contribution in [0.5, 0.6) is 0 Å². The number of aliphatic hydroxyl groups excluding tert-OH is 2. The van der Waals surface area contributed by atoms with Crippen molar-refractivity contribution >= 4 is 17.5 Å². The number of piperidine rings is 1. The molecule has 9 nitrogen and oxygen atoms in total. The third-order valence-corrected chi connectivity index (χ3v) is 5.59. The molecule has 28 heavy (non-hydrogen) atoms. The number of nitrogens with zero attached hydrogens (tertiary/aromatic N) is 2. The average molecular weight is 387 g/mol. The number of rotatable bonds is 5. The molecule has 0 spiro atoms. The first kappa shape index (κ1) is 18.9. The summed E-state index contributed by atoms with van der Waals surface area (Å²) in [7, 11) is 0. The molecule has 2 saturated heterocycles. The maximum Gasteiger partial charge on any atom is 0.230 e. The first-order valence-electron chi connectivity index (χ1n) is 9.59. The highest BCUT2D eigenvalue weighted by atomic mass is 16.3. The third-order valence-electron chi connectivity index (χ3n) is 5.59. The van der Waals surface area contributed by atoms with Crippen LogP contribution in [0.1, 0.15) is 19.3 Å². The van der Waals surface area contributed by atoms with Crippen molar-refractivity contribution in [3.8, 4) is 0 Å². The summed E-state index contributed by atoms with van der Waals surface area (Å²) in [6, 6.07) is -0.385. The van der Waals surface area contributed by atoms with E-state index in [1.807, 2.05) is 18.2 Å². The number of likely N-dealkylation sites (tertiary alicyclic amines) is 1. The number of carbonyl (C=O) groups is 2. The zero-order valence-electron chi connectivity index (χ0n) is 15.5. The molecule has 4 atom stereocenters. The maximum atomic E-state index is 12.8. The van der Waals surface area contributed by atoms with E-state index in [-0.39, 0.29) is 23.8 Å². The normalized spacial score (nSPS) is 30.7. The van der Waals surface area contributed by atoms with E-state index in [9.17, 15) is 19.8 Å². The summed E-state index contributed by atoms with van der Waals surface area (Å²) < 4.78 is 0. The van der Waals surface area contributed by atoms with Crippen LogP contribution in [0.2, 0.25) is 0 Å². The first-order valence-corrected chi connectivity index (χ1v) is 9.59. The Morgan fingerprint density at radius 3 is 3.00 bits per heavy atom. The van der Waals surface area contributed by atoms with Gasteiger partial charge in [0.1, 0.15) is 18.2 Å². The Balaban J connectivity index is 1.37. The Bertz CT molecular complexity index is 787. The van der Waals surface area contributed by atoms with Gasteiger partial charge in [-0.3, -0.25) is 14.9 Å². The molecule has 4 aliphatic rings. The van der Waals surface area contributed by atoms with Gasteiger partial charge in [0.05, 0.1) is 18.5 Å². The number of hydrogen-bond acceptors (Lipinski definition) is 7. The van der Waals surface area contributed by atoms with Crippen molar-refractivity contribution in [1.29, 1.82) is 0 Å². The second-order valence-electron chi connectivity index (χ2n) is 7.46. The molecule has 2 amide bonds. The number of carbonyl (C=O) groups excluding carboxylic acids is 2. The van der Waals surface area contributed by atoms with Crippen LogP contribution in [0.4, 0.5) is 0 Å². The molecule has 0 aromatic heterocycles. The van der Waals surface area contributed by atoms with E-state index in [2.05, 4.69) is 21.2 Å². The van der Waals surface area contributed by atoms with Crippen molar-refractivity contribution in [3.63, 3.8) is 0 Å². The molecule has 9 heteroatoms. The second-order valence-corrected chi connectivity index (χ2v) is 7.46. The lowest BCUT2D eigenvalue weighted by Crippen LogP contribution is -2.56. The number of hydrogen-bond donors (Lipinski definition) is 5. The van der Waals surface area contributed by atoms with E-state index in [0.717, 1.165) is 11.1 Å². The van der Waals surface area contributed by atoms with Crippen molar-refractivity contribution in [2.75, 3.05) is 19.6 Å². The van der Waals surface area contributed by atoms with Crippen LogP contribution in [-0.2, 0) is 9.59 Å². The number of nitrogens with one attached hydrogen (secondary N) is 3. The predicted octanol–water partition coefficient (Wildman–Crippen LogP) is -1.28. The smallest absolute Gasteiger partial charge is 0.230 e. The average Bonchev–Trinajstić information content (AvgIpc) is 3.02. The molecule has 1 aliphatic carbocycles. The van der Waals surface area contributed by atoms with Crippen LogP contribution in [0.25, 0.3) is 0 Å². The minimum atomic E-state index is -1.02. The standard InChI is InChI=1S/C19H25N5O4/c25-16-6-5-15(18(27)22-16)24-10-12-8-11(3-4-13(12)19(24)28)9-20-17(26)14-2-1-7-21-23-14/h1-3,8,13,15,17-18,20-21,26-27H,4-7,9-10H2,(H,22,25). The predicted molar refractivity (Wildman–Crippen MR) is 102 cm³/mol. The molecule has 0 saturated carbocycles. The number of amides is 2. The summed E-state index contributed by atoms with van der Waals surface area (Å²) >= 11 is 0. The minimum Gasteiger partial charge on any atom is -0.373 e. The highest BCUT2D eigenvalue weighted by Crippen LogP contribution is 2.35. The molecule has 3 heterocycles. The lowest BCUT2D eigenvalue weighted by molar-refractivity contribution is -0.141. The monoisotopic (exact) mass is 387 g/mol. The largest absolute Gasteiger partial charge is 0.373 e. The molecule has 0 aromatic carbocycles. The van der Waals surface area contributed by atoms with Crippen molar-refractivity contribution in [2.24, 2.45) is 11.0 Å². The summed E-state index contributed by atoms with van der Waals surface area (Å²) in [5.41, 5.74) is 5.37. The molecule has 4 rings (SSSR count). The lowest BCUT2D eigenvalue weighted by Gasteiger charge is -2.35. The van der Waals surface area contributed by atoms with Gasteiger partial charge < -0.3 is 25.9 Å². The van der Waals surface area contributed by atoms with Gasteiger partial charge in [0.15, 0.2) is 0 Å². The first-order chi connectivity index (χ1) is 13.5. The molecule has 4 unspecified atom stereocenters. The molecular formula is C19H25N5O4. The Morgan fingerprint density at radius 1 is 1.39 bits per heavy atom. The molecular weight excluding hydrogens is 362 g/mol. The Hall–Kier alpha value is -2.49. The third kappa shape index (κ3) is 3.73. The van der Waals surface area contributed by atoms with Crippen LogP contribution >= 0.6 is 0 Å². The van der Waals surface area contributed by atoms with E-state index in [1.165, 1.54) is 0 Å². The van der Waals surface area contributed by atoms with Crippen molar-refractivity contribution in [3.05, 3.63) is 35.5 Å². The van der Waals surface area contributed by atoms with Gasteiger partial charge >= 0.3 is 0 Å². The zero-order valence-corrected chi connectivity index (χ0v) is 15.5. The molecule has 0 aromatic rings. The van der Waals surface area contributed by atoms with E-state index < -0.39 is 12.5 Å². The molecule has 5 N–H and O–H groups in total. The number of aliphatic hydroxyl groups is 2. The Morgan fingerprint density at radius 2 is 2.25 bits per heavy atom. The van der Waals surface area contributed by atoms with Gasteiger partial charge in [-0.15, -0.1) is 0 Å². The summed E-state index contributed by atoms with van der Waals surface area (Å²) in [6.45, 7) is 1.57. The van der Waals surface area contributed by atoms with Gasteiger partial charge in [0, 0.05) is 19.5 Å². The quantitative estimate of drug-likeness (QED) is 0.374. The highest BCUT2D eigenvalue weighted by Gasteiger charge is 2.43. The maximum absolute atomic E-state index is 12.8. The SMILES string of the molecule is O=C1CCC(N2CC3=CC(CNC(O)C4=NNCC=C4)=CCC3C2=O)C(O)N1. The summed E-state index contributed by atoms with van der Waals surface area (Å²) in [5, 5.41) is 29.9. The van der Waals surface area contributed by atoms with Crippen LogP contribution in [0.3, 0.4) is 0 Å². The molecule has 0 radical (unpaired) electrons. The van der Waals surface area contributed by atoms with Crippen molar-refractivity contribution in [1.82, 2.24) is 21.0 Å². The summed E-state index contributed by atoms with van der Waals surface area (Å²) in [6.07, 6.45) is 7.16. The molecule has 150 valence electrons. The lowest BCUT2D eigenvalue weighted by atomic mass is 9.90. The minimum absolute atomic E-state index is 0.00233. The van der Waals surface area contributed by atoms with Gasteiger partial charge in [-0.2, -0.15) is 5.10 Å².